The zero-order valence-electron chi connectivity index (χ0n) is 19.2. The van der Waals surface area contributed by atoms with Crippen molar-refractivity contribution in [1.29, 1.82) is 0 Å². The van der Waals surface area contributed by atoms with Crippen molar-refractivity contribution in [2.24, 2.45) is 5.73 Å². The number of hydrogen-bond donors (Lipinski definition) is 1. The van der Waals surface area contributed by atoms with Gasteiger partial charge in [0.15, 0.2) is 5.82 Å². The van der Waals surface area contributed by atoms with Crippen LogP contribution >= 0.6 is 0 Å². The highest BCUT2D eigenvalue weighted by Gasteiger charge is 2.35. The largest absolute Gasteiger partial charge is 0.489 e. The summed E-state index contributed by atoms with van der Waals surface area (Å²) in [5, 5.41) is 0.128. The molecule has 2 N–H and O–H groups in total. The minimum atomic E-state index is -4.72. The van der Waals surface area contributed by atoms with Crippen LogP contribution < -0.4 is 10.5 Å². The van der Waals surface area contributed by atoms with Gasteiger partial charge in [-0.2, -0.15) is 13.2 Å². The Morgan fingerprint density at radius 3 is 2.61 bits per heavy atom. The molecule has 2 aromatic carbocycles. The second-order valence-corrected chi connectivity index (χ2v) is 7.87. The minimum absolute atomic E-state index is 0.00286. The number of ether oxygens (including phenoxy) is 2. The minimum Gasteiger partial charge on any atom is -0.489 e. The first kappa shape index (κ1) is 25.2. The van der Waals surface area contributed by atoms with Crippen molar-refractivity contribution < 1.29 is 36.2 Å². The Morgan fingerprint density at radius 1 is 1.11 bits per heavy atom. The molecule has 0 saturated heterocycles. The quantitative estimate of drug-likeness (QED) is 0.242. The molecule has 188 valence electrons. The van der Waals surface area contributed by atoms with Gasteiger partial charge in [-0.1, -0.05) is 18.2 Å². The third-order valence-corrected chi connectivity index (χ3v) is 5.41. The first-order valence-electron chi connectivity index (χ1n) is 11.0. The Bertz CT molecular complexity index is 1400. The van der Waals surface area contributed by atoms with Crippen molar-refractivity contribution in [3.8, 4) is 16.9 Å². The molecule has 0 aliphatic rings. The highest BCUT2D eigenvalue weighted by Crippen LogP contribution is 2.39. The lowest BCUT2D eigenvalue weighted by atomic mass is 10.00. The van der Waals surface area contributed by atoms with Crippen LogP contribution in [-0.2, 0) is 35.3 Å². The molecule has 0 amide bonds. The van der Waals surface area contributed by atoms with Gasteiger partial charge >= 0.3 is 12.1 Å². The molecule has 0 saturated carbocycles. The summed E-state index contributed by atoms with van der Waals surface area (Å²) in [6.07, 6.45) is -3.40. The summed E-state index contributed by atoms with van der Waals surface area (Å²) in [6.45, 7) is 1.70. The number of para-hydroxylation sites is 1. The van der Waals surface area contributed by atoms with Crippen LogP contribution in [0.4, 0.5) is 17.6 Å². The topological polar surface area (TPSA) is 87.6 Å². The standard InChI is InChI=1S/C26H22F4N2O4/c1-2-34-23(33)12-16-5-3-4-6-21(16)35-14-15-9-17-11-22(26(28,29)30)36-25(17)19(10-15)18-7-8-32-20(13-31)24(18)27/h3-11H,2,12-14,31H2,1H3. The van der Waals surface area contributed by atoms with E-state index in [0.29, 0.717) is 16.9 Å². The number of hydrogen-bond acceptors (Lipinski definition) is 6. The van der Waals surface area contributed by atoms with Crippen molar-refractivity contribution in [3.63, 3.8) is 0 Å². The maximum atomic E-state index is 15.1. The number of nitrogens with zero attached hydrogens (tertiary/aromatic N) is 1. The van der Waals surface area contributed by atoms with Gasteiger partial charge < -0.3 is 19.6 Å². The molecular weight excluding hydrogens is 480 g/mol. The molecule has 0 unspecified atom stereocenters. The Kier molecular flexibility index (Phi) is 7.25. The van der Waals surface area contributed by atoms with Crippen molar-refractivity contribution in [2.45, 2.75) is 32.7 Å². The Balaban J connectivity index is 1.74. The van der Waals surface area contributed by atoms with Crippen LogP contribution in [0.5, 0.6) is 5.75 Å². The van der Waals surface area contributed by atoms with Crippen LogP contribution in [-0.4, -0.2) is 17.6 Å². The van der Waals surface area contributed by atoms with Crippen molar-refractivity contribution in [2.75, 3.05) is 6.61 Å². The number of halogens is 4. The summed E-state index contributed by atoms with van der Waals surface area (Å²) in [4.78, 5) is 15.8. The monoisotopic (exact) mass is 502 g/mol. The Labute approximate surface area is 203 Å². The molecule has 0 radical (unpaired) electrons. The summed E-state index contributed by atoms with van der Waals surface area (Å²) in [5.74, 6) is -1.95. The molecule has 10 heteroatoms. The molecule has 4 rings (SSSR count). The van der Waals surface area contributed by atoms with Gasteiger partial charge in [0.25, 0.3) is 0 Å². The number of aromatic nitrogens is 1. The Hall–Kier alpha value is -3.92. The number of pyridine rings is 1. The third-order valence-electron chi connectivity index (χ3n) is 5.41. The van der Waals surface area contributed by atoms with E-state index >= 15 is 4.39 Å². The van der Waals surface area contributed by atoms with Gasteiger partial charge in [-0.05, 0) is 42.8 Å². The van der Waals surface area contributed by atoms with Gasteiger partial charge in [0.05, 0.1) is 18.7 Å². The average Bonchev–Trinajstić information content (AvgIpc) is 3.28. The molecule has 0 fully saturated rings. The third kappa shape index (κ3) is 5.33. The van der Waals surface area contributed by atoms with E-state index < -0.39 is 23.7 Å². The van der Waals surface area contributed by atoms with Gasteiger partial charge in [0, 0.05) is 34.8 Å². The molecule has 2 aromatic heterocycles. The van der Waals surface area contributed by atoms with Gasteiger partial charge in [-0.3, -0.25) is 9.78 Å². The number of benzene rings is 2. The molecule has 2 heterocycles. The molecule has 0 bridgehead atoms. The van der Waals surface area contributed by atoms with E-state index in [2.05, 4.69) is 4.98 Å². The normalized spacial score (nSPS) is 11.6. The number of nitrogens with two attached hydrogens (primary N) is 1. The van der Waals surface area contributed by atoms with E-state index in [0.717, 1.165) is 6.07 Å². The summed E-state index contributed by atoms with van der Waals surface area (Å²) in [7, 11) is 0. The predicted molar refractivity (Wildman–Crippen MR) is 123 cm³/mol. The number of furan rings is 1. The average molecular weight is 502 g/mol. The van der Waals surface area contributed by atoms with E-state index in [9.17, 15) is 18.0 Å². The second-order valence-electron chi connectivity index (χ2n) is 7.87. The lowest BCUT2D eigenvalue weighted by Crippen LogP contribution is -2.09. The molecule has 0 aliphatic carbocycles. The first-order valence-corrected chi connectivity index (χ1v) is 11.0. The fourth-order valence-electron chi connectivity index (χ4n) is 3.79. The Morgan fingerprint density at radius 2 is 1.89 bits per heavy atom. The van der Waals surface area contributed by atoms with Gasteiger partial charge in [-0.15, -0.1) is 0 Å². The molecule has 4 aromatic rings. The zero-order valence-corrected chi connectivity index (χ0v) is 19.2. The highest BCUT2D eigenvalue weighted by molar-refractivity contribution is 5.94. The molecule has 36 heavy (non-hydrogen) atoms. The van der Waals surface area contributed by atoms with Crippen LogP contribution in [0.25, 0.3) is 22.1 Å². The number of rotatable bonds is 8. The summed E-state index contributed by atoms with van der Waals surface area (Å²) in [5.41, 5.74) is 6.56. The number of carbonyl (C=O) groups is 1. The number of esters is 1. The lowest BCUT2D eigenvalue weighted by Gasteiger charge is -2.13. The molecule has 0 atom stereocenters. The fraction of sp³-hybridized carbons (Fsp3) is 0.231. The summed E-state index contributed by atoms with van der Waals surface area (Å²) >= 11 is 0. The van der Waals surface area contributed by atoms with Crippen molar-refractivity contribution >= 4 is 16.9 Å². The second kappa shape index (κ2) is 10.4. The smallest absolute Gasteiger partial charge is 0.449 e. The van der Waals surface area contributed by atoms with Crippen LogP contribution in [0.3, 0.4) is 0 Å². The maximum absolute atomic E-state index is 15.1. The van der Waals surface area contributed by atoms with Crippen LogP contribution in [0.2, 0.25) is 0 Å². The molecular formula is C26H22F4N2O4. The summed E-state index contributed by atoms with van der Waals surface area (Å²) in [6, 6.07) is 12.0. The van der Waals surface area contributed by atoms with Crippen LogP contribution in [0.15, 0.2) is 59.1 Å². The van der Waals surface area contributed by atoms with Gasteiger partial charge in [0.2, 0.25) is 5.76 Å². The van der Waals surface area contributed by atoms with Gasteiger partial charge in [-0.25, -0.2) is 4.39 Å². The van der Waals surface area contributed by atoms with E-state index in [1.165, 1.54) is 24.4 Å². The van der Waals surface area contributed by atoms with Crippen molar-refractivity contribution in [1.82, 2.24) is 4.98 Å². The van der Waals surface area contributed by atoms with Crippen LogP contribution in [0, 0.1) is 5.82 Å². The maximum Gasteiger partial charge on any atom is 0.449 e. The highest BCUT2D eigenvalue weighted by atomic mass is 19.4. The van der Waals surface area contributed by atoms with Crippen molar-refractivity contribution in [3.05, 3.63) is 83.1 Å². The predicted octanol–water partition coefficient (Wildman–Crippen LogP) is 5.80. The number of alkyl halides is 3. The first-order chi connectivity index (χ1) is 17.2. The zero-order chi connectivity index (χ0) is 25.9. The van der Waals surface area contributed by atoms with Crippen LogP contribution in [0.1, 0.15) is 29.5 Å². The fourth-order valence-corrected chi connectivity index (χ4v) is 3.79. The number of carbonyl (C=O) groups excluding carboxylic acids is 1. The molecule has 6 nitrogen and oxygen atoms in total. The van der Waals surface area contributed by atoms with E-state index in [4.69, 9.17) is 19.6 Å². The summed E-state index contributed by atoms with van der Waals surface area (Å²) < 4.78 is 71.2. The molecule has 0 aliphatic heterocycles. The molecule has 0 spiro atoms. The lowest BCUT2D eigenvalue weighted by molar-refractivity contribution is -0.152. The van der Waals surface area contributed by atoms with E-state index in [1.54, 1.807) is 31.2 Å². The van der Waals surface area contributed by atoms with E-state index in [1.807, 2.05) is 0 Å². The van der Waals surface area contributed by atoms with Gasteiger partial charge in [0.1, 0.15) is 17.9 Å². The van der Waals surface area contributed by atoms with E-state index in [-0.39, 0.29) is 54.0 Å². The number of fused-ring (bicyclic) bond motifs is 1. The SMILES string of the molecule is CCOC(=O)Cc1ccccc1OCc1cc(-c2ccnc(CN)c2F)c2oc(C(F)(F)F)cc2c1.